The molecule has 2 heterocycles. The van der Waals surface area contributed by atoms with E-state index in [0.29, 0.717) is 25.3 Å². The van der Waals surface area contributed by atoms with Crippen LogP contribution in [0.2, 0.25) is 5.15 Å². The van der Waals surface area contributed by atoms with Crippen LogP contribution >= 0.6 is 11.6 Å². The molecular formula is C11H13ClN2O3. The lowest BCUT2D eigenvalue weighted by Crippen LogP contribution is -2.47. The fourth-order valence-electron chi connectivity index (χ4n) is 1.73. The van der Waals surface area contributed by atoms with Gasteiger partial charge in [0.1, 0.15) is 5.15 Å². The number of hydrogen-bond donors (Lipinski definition) is 1. The van der Waals surface area contributed by atoms with E-state index in [1.165, 1.54) is 6.20 Å². The van der Waals surface area contributed by atoms with Gasteiger partial charge in [-0.15, -0.1) is 0 Å². The van der Waals surface area contributed by atoms with Crippen molar-refractivity contribution in [1.29, 1.82) is 0 Å². The fourth-order valence-corrected chi connectivity index (χ4v) is 1.93. The van der Waals surface area contributed by atoms with Gasteiger partial charge in [0.2, 0.25) is 0 Å². The second-order valence-electron chi connectivity index (χ2n) is 3.77. The van der Waals surface area contributed by atoms with Crippen molar-refractivity contribution in [3.8, 4) is 0 Å². The first-order valence-electron chi connectivity index (χ1n) is 5.34. The van der Waals surface area contributed by atoms with Gasteiger partial charge >= 0.3 is 0 Å². The summed E-state index contributed by atoms with van der Waals surface area (Å²) in [6.45, 7) is 1.21. The molecule has 0 bridgehead atoms. The number of rotatable bonds is 2. The van der Waals surface area contributed by atoms with Crippen molar-refractivity contribution >= 4 is 17.5 Å². The van der Waals surface area contributed by atoms with Gasteiger partial charge in [-0.2, -0.15) is 0 Å². The number of halogens is 1. The van der Waals surface area contributed by atoms with Crippen LogP contribution in [-0.2, 0) is 4.74 Å². The topological polar surface area (TPSA) is 62.7 Å². The minimum absolute atomic E-state index is 0.0927. The van der Waals surface area contributed by atoms with Gasteiger partial charge in [-0.25, -0.2) is 4.98 Å². The van der Waals surface area contributed by atoms with Gasteiger partial charge in [0.25, 0.3) is 5.91 Å². The maximum absolute atomic E-state index is 12.1. The van der Waals surface area contributed by atoms with Crippen LogP contribution in [0.4, 0.5) is 0 Å². The SMILES string of the molecule is O=C(c1cccnc1Cl)N1CCOC(CO)C1. The van der Waals surface area contributed by atoms with E-state index in [9.17, 15) is 4.79 Å². The van der Waals surface area contributed by atoms with Crippen LogP contribution in [-0.4, -0.2) is 53.3 Å². The Bertz CT molecular complexity index is 413. The molecule has 1 amide bonds. The van der Waals surface area contributed by atoms with Gasteiger partial charge in [0.15, 0.2) is 0 Å². The number of amides is 1. The van der Waals surface area contributed by atoms with E-state index >= 15 is 0 Å². The third kappa shape index (κ3) is 2.74. The van der Waals surface area contributed by atoms with Crippen LogP contribution in [0.3, 0.4) is 0 Å². The Labute approximate surface area is 104 Å². The lowest BCUT2D eigenvalue weighted by molar-refractivity contribution is -0.0447. The largest absolute Gasteiger partial charge is 0.394 e. The summed E-state index contributed by atoms with van der Waals surface area (Å²) in [6.07, 6.45) is 1.22. The van der Waals surface area contributed by atoms with E-state index < -0.39 is 0 Å². The number of morpholine rings is 1. The Morgan fingerprint density at radius 3 is 3.24 bits per heavy atom. The molecule has 1 aliphatic heterocycles. The van der Waals surface area contributed by atoms with E-state index in [4.69, 9.17) is 21.4 Å². The van der Waals surface area contributed by atoms with E-state index in [1.54, 1.807) is 17.0 Å². The predicted octanol–water partition coefficient (Wildman–Crippen LogP) is 0.568. The van der Waals surface area contributed by atoms with Crippen molar-refractivity contribution < 1.29 is 14.6 Å². The Morgan fingerprint density at radius 2 is 2.53 bits per heavy atom. The fraction of sp³-hybridized carbons (Fsp3) is 0.455. The lowest BCUT2D eigenvalue weighted by atomic mass is 10.2. The molecule has 1 atom stereocenters. The summed E-state index contributed by atoms with van der Waals surface area (Å²) >= 11 is 5.87. The average molecular weight is 257 g/mol. The number of aliphatic hydroxyl groups is 1. The zero-order valence-corrected chi connectivity index (χ0v) is 9.93. The highest BCUT2D eigenvalue weighted by Crippen LogP contribution is 2.16. The van der Waals surface area contributed by atoms with Gasteiger partial charge < -0.3 is 14.7 Å². The van der Waals surface area contributed by atoms with Gasteiger partial charge in [0.05, 0.1) is 24.9 Å². The molecule has 0 aliphatic carbocycles. The Hall–Kier alpha value is -1.17. The van der Waals surface area contributed by atoms with Crippen LogP contribution in [0.1, 0.15) is 10.4 Å². The number of aromatic nitrogens is 1. The first-order valence-corrected chi connectivity index (χ1v) is 5.72. The highest BCUT2D eigenvalue weighted by molar-refractivity contribution is 6.32. The van der Waals surface area contributed by atoms with Crippen molar-refractivity contribution in [2.24, 2.45) is 0 Å². The van der Waals surface area contributed by atoms with Crippen molar-refractivity contribution in [3.63, 3.8) is 0 Å². The highest BCUT2D eigenvalue weighted by atomic mass is 35.5. The molecule has 92 valence electrons. The maximum atomic E-state index is 12.1. The first kappa shape index (κ1) is 12.3. The van der Waals surface area contributed by atoms with Crippen LogP contribution in [0.15, 0.2) is 18.3 Å². The van der Waals surface area contributed by atoms with Gasteiger partial charge in [0, 0.05) is 19.3 Å². The average Bonchev–Trinajstić information content (AvgIpc) is 2.38. The molecule has 5 nitrogen and oxygen atoms in total. The molecule has 2 rings (SSSR count). The minimum Gasteiger partial charge on any atom is -0.394 e. The second-order valence-corrected chi connectivity index (χ2v) is 4.13. The van der Waals surface area contributed by atoms with Gasteiger partial charge in [-0.3, -0.25) is 4.79 Å². The maximum Gasteiger partial charge on any atom is 0.257 e. The minimum atomic E-state index is -0.317. The molecule has 1 aliphatic rings. The normalized spacial score (nSPS) is 20.4. The smallest absolute Gasteiger partial charge is 0.257 e. The Morgan fingerprint density at radius 1 is 1.71 bits per heavy atom. The second kappa shape index (κ2) is 5.44. The summed E-state index contributed by atoms with van der Waals surface area (Å²) in [5.74, 6) is -0.176. The standard InChI is InChI=1S/C11H13ClN2O3/c12-10-9(2-1-3-13-10)11(16)14-4-5-17-8(6-14)7-15/h1-3,8,15H,4-7H2. The molecule has 0 saturated carbocycles. The third-order valence-corrected chi connectivity index (χ3v) is 2.92. The number of pyridine rings is 1. The molecule has 1 saturated heterocycles. The van der Waals surface area contributed by atoms with Gasteiger partial charge in [-0.05, 0) is 12.1 Å². The molecule has 1 aromatic heterocycles. The summed E-state index contributed by atoms with van der Waals surface area (Å²) in [7, 11) is 0. The van der Waals surface area contributed by atoms with E-state index in [-0.39, 0.29) is 23.8 Å². The summed E-state index contributed by atoms with van der Waals surface area (Å²) in [5, 5.41) is 9.21. The van der Waals surface area contributed by atoms with Crippen LogP contribution < -0.4 is 0 Å². The van der Waals surface area contributed by atoms with Crippen molar-refractivity contribution in [2.75, 3.05) is 26.3 Å². The molecule has 1 aromatic rings. The quantitative estimate of drug-likeness (QED) is 0.786. The Kier molecular flexibility index (Phi) is 3.93. The number of ether oxygens (including phenoxy) is 1. The molecule has 6 heteroatoms. The number of nitrogens with zero attached hydrogens (tertiary/aromatic N) is 2. The van der Waals surface area contributed by atoms with Crippen molar-refractivity contribution in [1.82, 2.24) is 9.88 Å². The lowest BCUT2D eigenvalue weighted by Gasteiger charge is -2.32. The summed E-state index contributed by atoms with van der Waals surface area (Å²) in [4.78, 5) is 17.6. The monoisotopic (exact) mass is 256 g/mol. The molecule has 0 radical (unpaired) electrons. The van der Waals surface area contributed by atoms with E-state index in [1.807, 2.05) is 0 Å². The number of aliphatic hydroxyl groups excluding tert-OH is 1. The van der Waals surface area contributed by atoms with Crippen LogP contribution in [0.25, 0.3) is 0 Å². The zero-order valence-electron chi connectivity index (χ0n) is 9.17. The zero-order chi connectivity index (χ0) is 12.3. The molecule has 1 N–H and O–H groups in total. The summed E-state index contributed by atoms with van der Waals surface area (Å²) < 4.78 is 5.28. The van der Waals surface area contributed by atoms with Crippen LogP contribution in [0.5, 0.6) is 0 Å². The first-order chi connectivity index (χ1) is 8.22. The number of carbonyl (C=O) groups excluding carboxylic acids is 1. The van der Waals surface area contributed by atoms with Crippen molar-refractivity contribution in [3.05, 3.63) is 29.0 Å². The molecule has 0 spiro atoms. The van der Waals surface area contributed by atoms with Crippen molar-refractivity contribution in [2.45, 2.75) is 6.10 Å². The molecule has 17 heavy (non-hydrogen) atoms. The Balaban J connectivity index is 2.12. The van der Waals surface area contributed by atoms with E-state index in [2.05, 4.69) is 4.98 Å². The van der Waals surface area contributed by atoms with E-state index in [0.717, 1.165) is 0 Å². The van der Waals surface area contributed by atoms with Gasteiger partial charge in [-0.1, -0.05) is 11.6 Å². The summed E-state index contributed by atoms with van der Waals surface area (Å²) in [5.41, 5.74) is 0.382. The number of hydrogen-bond acceptors (Lipinski definition) is 4. The third-order valence-electron chi connectivity index (χ3n) is 2.62. The predicted molar refractivity (Wildman–Crippen MR) is 62.0 cm³/mol. The highest BCUT2D eigenvalue weighted by Gasteiger charge is 2.25. The van der Waals surface area contributed by atoms with Crippen LogP contribution in [0, 0.1) is 0 Å². The molecule has 1 fully saturated rings. The molecule has 0 aromatic carbocycles. The number of carbonyl (C=O) groups is 1. The molecular weight excluding hydrogens is 244 g/mol. The summed E-state index contributed by atoms with van der Waals surface area (Å²) in [6, 6.07) is 3.31. The molecule has 1 unspecified atom stereocenters.